The third kappa shape index (κ3) is 2.73. The van der Waals surface area contributed by atoms with Gasteiger partial charge in [-0.1, -0.05) is 5.16 Å². The minimum absolute atomic E-state index is 0.450. The van der Waals surface area contributed by atoms with Crippen LogP contribution in [0.2, 0.25) is 0 Å². The number of rotatable bonds is 3. The van der Waals surface area contributed by atoms with Crippen molar-refractivity contribution in [1.29, 1.82) is 0 Å². The zero-order chi connectivity index (χ0) is 14.1. The zero-order valence-electron chi connectivity index (χ0n) is 10.6. The zero-order valence-corrected chi connectivity index (χ0v) is 13.0. The molecule has 3 rings (SSSR count). The van der Waals surface area contributed by atoms with E-state index in [0.29, 0.717) is 23.8 Å². The molecule has 7 heteroatoms. The highest BCUT2D eigenvalue weighted by Crippen LogP contribution is 2.29. The van der Waals surface area contributed by atoms with Gasteiger partial charge >= 0.3 is 0 Å². The number of hydrogen-bond donors (Lipinski definition) is 1. The molecule has 0 aliphatic carbocycles. The van der Waals surface area contributed by atoms with Gasteiger partial charge in [0, 0.05) is 15.5 Å². The van der Waals surface area contributed by atoms with Crippen LogP contribution in [0.3, 0.4) is 0 Å². The lowest BCUT2D eigenvalue weighted by Gasteiger charge is -1.99. The number of thiazole rings is 1. The molecule has 0 fully saturated rings. The van der Waals surface area contributed by atoms with Crippen molar-refractivity contribution >= 4 is 33.0 Å². The summed E-state index contributed by atoms with van der Waals surface area (Å²) >= 11 is 5.06. The highest BCUT2D eigenvalue weighted by molar-refractivity contribution is 9.10. The fourth-order valence-corrected chi connectivity index (χ4v) is 2.82. The molecule has 20 heavy (non-hydrogen) atoms. The molecule has 1 aromatic carbocycles. The van der Waals surface area contributed by atoms with E-state index >= 15 is 0 Å². The van der Waals surface area contributed by atoms with Crippen LogP contribution >= 0.6 is 27.3 Å². The van der Waals surface area contributed by atoms with Crippen LogP contribution in [0.4, 0.5) is 5.69 Å². The van der Waals surface area contributed by atoms with Crippen molar-refractivity contribution in [1.82, 2.24) is 15.1 Å². The van der Waals surface area contributed by atoms with Gasteiger partial charge in [-0.15, -0.1) is 11.3 Å². The monoisotopic (exact) mass is 350 g/mol. The normalized spacial score (nSPS) is 10.9. The minimum Gasteiger partial charge on any atom is -0.399 e. The fourth-order valence-electron chi connectivity index (χ4n) is 1.79. The van der Waals surface area contributed by atoms with Gasteiger partial charge in [0.25, 0.3) is 5.89 Å². The second kappa shape index (κ2) is 5.34. The average Bonchev–Trinajstić information content (AvgIpc) is 3.02. The van der Waals surface area contributed by atoms with Crippen molar-refractivity contribution in [3.63, 3.8) is 0 Å². The predicted octanol–water partition coefficient (Wildman–Crippen LogP) is 3.44. The Bertz CT molecular complexity index is 752. The first kappa shape index (κ1) is 13.3. The predicted molar refractivity (Wildman–Crippen MR) is 81.5 cm³/mol. The maximum absolute atomic E-state index is 5.78. The van der Waals surface area contributed by atoms with Crippen molar-refractivity contribution in [2.75, 3.05) is 5.73 Å². The van der Waals surface area contributed by atoms with E-state index in [1.165, 1.54) is 0 Å². The molecule has 102 valence electrons. The third-order valence-electron chi connectivity index (χ3n) is 2.69. The molecular weight excluding hydrogens is 340 g/mol. The van der Waals surface area contributed by atoms with E-state index in [2.05, 4.69) is 31.1 Å². The van der Waals surface area contributed by atoms with E-state index in [0.717, 1.165) is 20.7 Å². The highest BCUT2D eigenvalue weighted by atomic mass is 79.9. The second-order valence-corrected chi connectivity index (χ2v) is 6.21. The first-order valence-corrected chi connectivity index (χ1v) is 7.58. The SMILES string of the molecule is Cc1nc(Cc2noc(-c3cc(N)ccc3Br)n2)cs1. The molecule has 0 saturated carbocycles. The summed E-state index contributed by atoms with van der Waals surface area (Å²) in [6.07, 6.45) is 0.563. The van der Waals surface area contributed by atoms with Crippen LogP contribution in [-0.4, -0.2) is 15.1 Å². The molecule has 0 bridgehead atoms. The van der Waals surface area contributed by atoms with Crippen LogP contribution in [0.25, 0.3) is 11.5 Å². The summed E-state index contributed by atoms with van der Waals surface area (Å²) in [7, 11) is 0. The summed E-state index contributed by atoms with van der Waals surface area (Å²) in [5.74, 6) is 1.06. The quantitative estimate of drug-likeness (QED) is 0.732. The van der Waals surface area contributed by atoms with E-state index in [1.807, 2.05) is 24.4 Å². The maximum atomic E-state index is 5.78. The molecule has 0 atom stereocenters. The molecule has 2 aromatic heterocycles. The first-order valence-electron chi connectivity index (χ1n) is 5.91. The molecular formula is C13H11BrN4OS. The Kier molecular flexibility index (Phi) is 3.54. The van der Waals surface area contributed by atoms with Crippen LogP contribution in [-0.2, 0) is 6.42 Å². The summed E-state index contributed by atoms with van der Waals surface area (Å²) in [4.78, 5) is 8.78. The molecule has 0 aliphatic heterocycles. The van der Waals surface area contributed by atoms with E-state index in [-0.39, 0.29) is 0 Å². The lowest BCUT2D eigenvalue weighted by molar-refractivity contribution is 0.423. The topological polar surface area (TPSA) is 77.8 Å². The van der Waals surface area contributed by atoms with Crippen molar-refractivity contribution < 1.29 is 4.52 Å². The van der Waals surface area contributed by atoms with Gasteiger partial charge in [0.15, 0.2) is 5.82 Å². The number of halogens is 1. The van der Waals surface area contributed by atoms with Gasteiger partial charge in [-0.05, 0) is 41.1 Å². The van der Waals surface area contributed by atoms with Crippen LogP contribution in [0, 0.1) is 6.92 Å². The number of benzene rings is 1. The maximum Gasteiger partial charge on any atom is 0.259 e. The highest BCUT2D eigenvalue weighted by Gasteiger charge is 2.13. The summed E-state index contributed by atoms with van der Waals surface area (Å²) in [5.41, 5.74) is 8.17. The number of anilines is 1. The number of nitrogens with two attached hydrogens (primary N) is 1. The molecule has 0 aliphatic rings. The lowest BCUT2D eigenvalue weighted by Crippen LogP contribution is -1.91. The van der Waals surface area contributed by atoms with Gasteiger partial charge in [0.1, 0.15) is 0 Å². The van der Waals surface area contributed by atoms with E-state index in [4.69, 9.17) is 10.3 Å². The second-order valence-electron chi connectivity index (χ2n) is 4.29. The molecule has 0 saturated heterocycles. The Hall–Kier alpha value is -1.73. The number of aromatic nitrogens is 3. The summed E-state index contributed by atoms with van der Waals surface area (Å²) < 4.78 is 6.16. The summed E-state index contributed by atoms with van der Waals surface area (Å²) in [6, 6.07) is 5.47. The van der Waals surface area contributed by atoms with E-state index in [1.54, 1.807) is 17.4 Å². The van der Waals surface area contributed by atoms with Gasteiger partial charge in [-0.25, -0.2) is 4.98 Å². The molecule has 2 heterocycles. The Labute approximate surface area is 128 Å². The number of hydrogen-bond acceptors (Lipinski definition) is 6. The van der Waals surface area contributed by atoms with Crippen LogP contribution < -0.4 is 5.73 Å². The Morgan fingerprint density at radius 2 is 2.20 bits per heavy atom. The Morgan fingerprint density at radius 3 is 2.95 bits per heavy atom. The molecule has 5 nitrogen and oxygen atoms in total. The molecule has 0 spiro atoms. The molecule has 2 N–H and O–H groups in total. The van der Waals surface area contributed by atoms with Crippen molar-refractivity contribution in [2.24, 2.45) is 0 Å². The fraction of sp³-hybridized carbons (Fsp3) is 0.154. The minimum atomic E-state index is 0.450. The average molecular weight is 351 g/mol. The molecule has 0 amide bonds. The van der Waals surface area contributed by atoms with Gasteiger partial charge in [-0.3, -0.25) is 0 Å². The van der Waals surface area contributed by atoms with Crippen molar-refractivity contribution in [3.8, 4) is 11.5 Å². The molecule has 0 unspecified atom stereocenters. The summed E-state index contributed by atoms with van der Waals surface area (Å²) in [6.45, 7) is 1.97. The van der Waals surface area contributed by atoms with Gasteiger partial charge in [0.2, 0.25) is 0 Å². The molecule has 0 radical (unpaired) electrons. The standard InChI is InChI=1S/C13H11BrN4OS/c1-7-16-9(6-20-7)5-12-17-13(19-18-12)10-4-8(15)2-3-11(10)14/h2-4,6H,5,15H2,1H3. The molecule has 3 aromatic rings. The number of nitrogen functional groups attached to an aromatic ring is 1. The van der Waals surface area contributed by atoms with Gasteiger partial charge in [-0.2, -0.15) is 4.98 Å². The van der Waals surface area contributed by atoms with Crippen LogP contribution in [0.15, 0.2) is 32.6 Å². The van der Waals surface area contributed by atoms with Crippen molar-refractivity contribution in [2.45, 2.75) is 13.3 Å². The van der Waals surface area contributed by atoms with Crippen LogP contribution in [0.1, 0.15) is 16.5 Å². The third-order valence-corrected chi connectivity index (χ3v) is 4.21. The number of nitrogens with zero attached hydrogens (tertiary/aromatic N) is 3. The summed E-state index contributed by atoms with van der Waals surface area (Å²) in [5, 5.41) is 7.02. The smallest absolute Gasteiger partial charge is 0.259 e. The van der Waals surface area contributed by atoms with Gasteiger partial charge in [0.05, 0.1) is 22.7 Å². The lowest BCUT2D eigenvalue weighted by atomic mass is 10.2. The first-order chi connectivity index (χ1) is 9.61. The Balaban J connectivity index is 1.88. The van der Waals surface area contributed by atoms with E-state index in [9.17, 15) is 0 Å². The van der Waals surface area contributed by atoms with Crippen molar-refractivity contribution in [3.05, 3.63) is 44.6 Å². The van der Waals surface area contributed by atoms with E-state index < -0.39 is 0 Å². The number of aryl methyl sites for hydroxylation is 1. The Morgan fingerprint density at radius 1 is 1.35 bits per heavy atom. The van der Waals surface area contributed by atoms with Gasteiger partial charge < -0.3 is 10.3 Å². The largest absolute Gasteiger partial charge is 0.399 e. The van der Waals surface area contributed by atoms with Crippen LogP contribution in [0.5, 0.6) is 0 Å².